The highest BCUT2D eigenvalue weighted by atomic mass is 79.9. The lowest BCUT2D eigenvalue weighted by Crippen LogP contribution is -2.43. The van der Waals surface area contributed by atoms with Crippen LogP contribution < -0.4 is 5.32 Å². The average molecular weight is 477 g/mol. The summed E-state index contributed by atoms with van der Waals surface area (Å²) in [5, 5.41) is 7.36. The van der Waals surface area contributed by atoms with E-state index in [4.69, 9.17) is 4.84 Å². The summed E-state index contributed by atoms with van der Waals surface area (Å²) < 4.78 is 0.650. The molecule has 1 spiro atoms. The molecule has 0 aromatic carbocycles. The van der Waals surface area contributed by atoms with Crippen LogP contribution in [-0.2, 0) is 14.4 Å². The maximum atomic E-state index is 13.2. The first kappa shape index (κ1) is 21.3. The van der Waals surface area contributed by atoms with Gasteiger partial charge in [-0.25, -0.2) is 4.98 Å². The molecule has 30 heavy (non-hydrogen) atoms. The van der Waals surface area contributed by atoms with Crippen molar-refractivity contribution in [3.05, 3.63) is 22.3 Å². The van der Waals surface area contributed by atoms with Gasteiger partial charge >= 0.3 is 0 Å². The smallest absolute Gasteiger partial charge is 0.248 e. The van der Waals surface area contributed by atoms with E-state index < -0.39 is 11.6 Å². The Hall–Kier alpha value is -1.96. The van der Waals surface area contributed by atoms with Crippen LogP contribution in [0, 0.1) is 12.8 Å². The van der Waals surface area contributed by atoms with E-state index in [0.717, 1.165) is 24.1 Å². The van der Waals surface area contributed by atoms with Gasteiger partial charge in [0.2, 0.25) is 11.8 Å². The van der Waals surface area contributed by atoms with Crippen molar-refractivity contribution in [3.8, 4) is 0 Å². The van der Waals surface area contributed by atoms with E-state index >= 15 is 0 Å². The van der Waals surface area contributed by atoms with Crippen LogP contribution in [0.5, 0.6) is 0 Å². The van der Waals surface area contributed by atoms with Crippen LogP contribution >= 0.6 is 15.9 Å². The van der Waals surface area contributed by atoms with Gasteiger partial charge in [0.1, 0.15) is 16.5 Å². The first-order valence-corrected chi connectivity index (χ1v) is 11.7. The van der Waals surface area contributed by atoms with Crippen molar-refractivity contribution < 1.29 is 14.4 Å². The van der Waals surface area contributed by atoms with E-state index in [1.165, 1.54) is 19.3 Å². The summed E-state index contributed by atoms with van der Waals surface area (Å²) in [4.78, 5) is 37.8. The molecule has 7 nitrogen and oxygen atoms in total. The van der Waals surface area contributed by atoms with Gasteiger partial charge in [-0.15, -0.1) is 0 Å². The number of nitrogens with zero attached hydrogens (tertiary/aromatic N) is 3. The molecule has 2 aliphatic heterocycles. The van der Waals surface area contributed by atoms with E-state index in [2.05, 4.69) is 31.4 Å². The Labute approximate surface area is 185 Å². The molecule has 1 aliphatic carbocycles. The number of nitrogens with one attached hydrogen (secondary N) is 1. The van der Waals surface area contributed by atoms with Crippen molar-refractivity contribution in [3.63, 3.8) is 0 Å². The molecule has 2 atom stereocenters. The quantitative estimate of drug-likeness (QED) is 0.659. The molecule has 0 bridgehead atoms. The number of likely N-dealkylation sites (tertiary alicyclic amines) is 1. The largest absolute Gasteiger partial charge is 0.387 e. The number of rotatable bonds is 4. The lowest BCUT2D eigenvalue weighted by Gasteiger charge is -2.24. The Bertz CT molecular complexity index is 868. The monoisotopic (exact) mass is 476 g/mol. The minimum absolute atomic E-state index is 0.0411. The van der Waals surface area contributed by atoms with Crippen molar-refractivity contribution >= 4 is 39.3 Å². The molecule has 0 radical (unpaired) electrons. The van der Waals surface area contributed by atoms with Crippen LogP contribution in [0.3, 0.4) is 0 Å². The predicted octanol–water partition coefficient (Wildman–Crippen LogP) is 4.20. The number of pyridine rings is 1. The molecule has 1 saturated carbocycles. The molecule has 2 fully saturated rings. The standard InChI is InChI=1S/C22H29BrN4O3/c1-3-19(28)27-13-22(11-16(26-30-22)15-7-5-4-6-8-15)12-17(27)21(29)25-20-14(2)9-10-18(23)24-20/h9-10,15,17H,3-8,11-13H2,1-2H3,(H,24,25,29)/t17-,22?/m0/s1. The molecule has 1 aromatic rings. The lowest BCUT2D eigenvalue weighted by atomic mass is 9.81. The second kappa shape index (κ2) is 8.65. The Kier molecular flexibility index (Phi) is 6.14. The number of hydrogen-bond donors (Lipinski definition) is 1. The molecule has 1 N–H and O–H groups in total. The van der Waals surface area contributed by atoms with E-state index in [-0.39, 0.29) is 11.8 Å². The normalized spacial score (nSPS) is 26.6. The molecule has 3 heterocycles. The number of anilines is 1. The van der Waals surface area contributed by atoms with Crippen molar-refractivity contribution in [1.29, 1.82) is 0 Å². The third-order valence-electron chi connectivity index (χ3n) is 6.57. The van der Waals surface area contributed by atoms with Gasteiger partial charge in [0.05, 0.1) is 12.3 Å². The highest BCUT2D eigenvalue weighted by Gasteiger charge is 2.54. The maximum Gasteiger partial charge on any atom is 0.248 e. The number of amides is 2. The Morgan fingerprint density at radius 1 is 1.30 bits per heavy atom. The van der Waals surface area contributed by atoms with Crippen LogP contribution in [-0.4, -0.2) is 45.6 Å². The van der Waals surface area contributed by atoms with Crippen molar-refractivity contribution in [2.24, 2.45) is 11.1 Å². The minimum atomic E-state index is -0.585. The minimum Gasteiger partial charge on any atom is -0.387 e. The maximum absolute atomic E-state index is 13.2. The summed E-state index contributed by atoms with van der Waals surface area (Å²) >= 11 is 3.35. The summed E-state index contributed by atoms with van der Waals surface area (Å²) in [6.07, 6.45) is 7.61. The van der Waals surface area contributed by atoms with E-state index in [1.807, 2.05) is 26.0 Å². The Morgan fingerprint density at radius 2 is 2.07 bits per heavy atom. The van der Waals surface area contributed by atoms with Gasteiger partial charge < -0.3 is 15.1 Å². The van der Waals surface area contributed by atoms with E-state index in [9.17, 15) is 9.59 Å². The summed E-state index contributed by atoms with van der Waals surface area (Å²) in [5.41, 5.74) is 1.40. The van der Waals surface area contributed by atoms with Crippen LogP contribution in [0.25, 0.3) is 0 Å². The highest BCUT2D eigenvalue weighted by molar-refractivity contribution is 9.10. The molecule has 8 heteroatoms. The number of halogens is 1. The number of aryl methyl sites for hydroxylation is 1. The molecular formula is C22H29BrN4O3. The fourth-order valence-corrected chi connectivity index (χ4v) is 5.19. The summed E-state index contributed by atoms with van der Waals surface area (Å²) in [6.45, 7) is 4.12. The van der Waals surface area contributed by atoms with Crippen molar-refractivity contribution in [1.82, 2.24) is 9.88 Å². The summed E-state index contributed by atoms with van der Waals surface area (Å²) in [7, 11) is 0. The van der Waals surface area contributed by atoms with Gasteiger partial charge in [-0.05, 0) is 47.3 Å². The first-order chi connectivity index (χ1) is 14.4. The molecule has 1 saturated heterocycles. The van der Waals surface area contributed by atoms with Gasteiger partial charge in [-0.3, -0.25) is 9.59 Å². The first-order valence-electron chi connectivity index (χ1n) is 10.9. The summed E-state index contributed by atoms with van der Waals surface area (Å²) in [6, 6.07) is 3.14. The summed E-state index contributed by atoms with van der Waals surface area (Å²) in [5.74, 6) is 0.721. The molecule has 162 valence electrons. The Morgan fingerprint density at radius 3 is 2.80 bits per heavy atom. The fraction of sp³-hybridized carbons (Fsp3) is 0.636. The SMILES string of the molecule is CCC(=O)N1CC2(CC(C3CCCCC3)=NO2)C[C@H]1C(=O)Nc1nc(Br)ccc1C. The number of carbonyl (C=O) groups excluding carboxylic acids is 2. The predicted molar refractivity (Wildman–Crippen MR) is 118 cm³/mol. The molecule has 1 aromatic heterocycles. The third-order valence-corrected chi connectivity index (χ3v) is 7.01. The lowest BCUT2D eigenvalue weighted by molar-refractivity contribution is -0.136. The second-order valence-corrected chi connectivity index (χ2v) is 9.56. The van der Waals surface area contributed by atoms with Gasteiger partial charge in [0, 0.05) is 25.2 Å². The van der Waals surface area contributed by atoms with E-state index in [1.54, 1.807) is 4.90 Å². The van der Waals surface area contributed by atoms with Gasteiger partial charge in [0.15, 0.2) is 5.60 Å². The zero-order valence-electron chi connectivity index (χ0n) is 17.6. The molecule has 2 amide bonds. The van der Waals surface area contributed by atoms with Crippen LogP contribution in [0.2, 0.25) is 0 Å². The Balaban J connectivity index is 1.50. The number of hydrogen-bond acceptors (Lipinski definition) is 5. The number of aromatic nitrogens is 1. The average Bonchev–Trinajstić information content (AvgIpc) is 3.35. The molecule has 4 rings (SSSR count). The highest BCUT2D eigenvalue weighted by Crippen LogP contribution is 2.41. The van der Waals surface area contributed by atoms with Crippen molar-refractivity contribution in [2.45, 2.75) is 76.9 Å². The van der Waals surface area contributed by atoms with Gasteiger partial charge in [0.25, 0.3) is 0 Å². The van der Waals surface area contributed by atoms with Crippen LogP contribution in [0.1, 0.15) is 63.9 Å². The topological polar surface area (TPSA) is 83.9 Å². The molecular weight excluding hydrogens is 448 g/mol. The number of carbonyl (C=O) groups is 2. The second-order valence-electron chi connectivity index (χ2n) is 8.75. The fourth-order valence-electron chi connectivity index (χ4n) is 4.88. The zero-order valence-corrected chi connectivity index (χ0v) is 19.2. The van der Waals surface area contributed by atoms with Crippen LogP contribution in [0.4, 0.5) is 5.82 Å². The zero-order chi connectivity index (χ0) is 21.3. The molecule has 3 aliphatic rings. The van der Waals surface area contributed by atoms with Gasteiger partial charge in [-0.1, -0.05) is 37.4 Å². The van der Waals surface area contributed by atoms with Crippen molar-refractivity contribution in [2.75, 3.05) is 11.9 Å². The van der Waals surface area contributed by atoms with E-state index in [0.29, 0.717) is 42.1 Å². The third kappa shape index (κ3) is 4.24. The number of oxime groups is 1. The molecule has 1 unspecified atom stereocenters. The van der Waals surface area contributed by atoms with Gasteiger partial charge in [-0.2, -0.15) is 0 Å². The van der Waals surface area contributed by atoms with Crippen LogP contribution in [0.15, 0.2) is 21.9 Å².